The van der Waals surface area contributed by atoms with Gasteiger partial charge in [-0.25, -0.2) is 0 Å². The van der Waals surface area contributed by atoms with Crippen molar-refractivity contribution in [2.45, 2.75) is 0 Å². The summed E-state index contributed by atoms with van der Waals surface area (Å²) in [5.74, 6) is 0.951. The molecule has 2 heterocycles. The Labute approximate surface area is 154 Å². The van der Waals surface area contributed by atoms with Gasteiger partial charge in [-0.1, -0.05) is 18.2 Å². The molecule has 1 aliphatic rings. The fourth-order valence-corrected chi connectivity index (χ4v) is 2.64. The first-order chi connectivity index (χ1) is 13.1. The van der Waals surface area contributed by atoms with Crippen LogP contribution < -0.4 is 20.1 Å². The van der Waals surface area contributed by atoms with E-state index in [-0.39, 0.29) is 18.4 Å². The molecule has 4 rings (SSSR count). The smallest absolute Gasteiger partial charge is 0.276 e. The number of fused-ring (bicyclic) bond motifs is 1. The van der Waals surface area contributed by atoms with Gasteiger partial charge in [0.05, 0.1) is 0 Å². The second kappa shape index (κ2) is 6.83. The van der Waals surface area contributed by atoms with Crippen molar-refractivity contribution in [2.24, 2.45) is 7.05 Å². The molecule has 2 aromatic carbocycles. The number of nitrogens with zero attached hydrogens (tertiary/aromatic N) is 2. The van der Waals surface area contributed by atoms with E-state index in [4.69, 9.17) is 9.47 Å². The number of nitrogens with one attached hydrogen (secondary N) is 2. The minimum Gasteiger partial charge on any atom is -0.454 e. The summed E-state index contributed by atoms with van der Waals surface area (Å²) in [5.41, 5.74) is 1.26. The highest BCUT2D eigenvalue weighted by Crippen LogP contribution is 2.34. The molecule has 0 saturated carbocycles. The minimum absolute atomic E-state index is 0.164. The zero-order valence-electron chi connectivity index (χ0n) is 14.4. The lowest BCUT2D eigenvalue weighted by Crippen LogP contribution is -2.14. The van der Waals surface area contributed by atoms with E-state index < -0.39 is 5.91 Å². The number of benzene rings is 2. The van der Waals surface area contributed by atoms with Crippen molar-refractivity contribution in [1.82, 2.24) is 9.78 Å². The summed E-state index contributed by atoms with van der Waals surface area (Å²) >= 11 is 0. The molecule has 8 nitrogen and oxygen atoms in total. The summed E-state index contributed by atoms with van der Waals surface area (Å²) in [6.07, 6.45) is 0. The van der Waals surface area contributed by atoms with Crippen LogP contribution in [-0.2, 0) is 7.05 Å². The Morgan fingerprint density at radius 2 is 1.74 bits per heavy atom. The Hall–Kier alpha value is -3.81. The van der Waals surface area contributed by atoms with Gasteiger partial charge in [0.1, 0.15) is 5.82 Å². The maximum Gasteiger partial charge on any atom is 0.276 e. The molecule has 0 fully saturated rings. The van der Waals surface area contributed by atoms with Crippen molar-refractivity contribution < 1.29 is 19.1 Å². The van der Waals surface area contributed by atoms with Gasteiger partial charge in [-0.2, -0.15) is 5.10 Å². The van der Waals surface area contributed by atoms with Crippen molar-refractivity contribution in [2.75, 3.05) is 17.4 Å². The number of hydrogen-bond donors (Lipinski definition) is 2. The van der Waals surface area contributed by atoms with Crippen LogP contribution in [0.1, 0.15) is 20.8 Å². The van der Waals surface area contributed by atoms with Crippen molar-refractivity contribution in [3.8, 4) is 11.5 Å². The highest BCUT2D eigenvalue weighted by Gasteiger charge is 2.17. The summed E-state index contributed by atoms with van der Waals surface area (Å²) < 4.78 is 12.0. The summed E-state index contributed by atoms with van der Waals surface area (Å²) in [6, 6.07) is 15.4. The van der Waals surface area contributed by atoms with Crippen LogP contribution in [0.25, 0.3) is 0 Å². The summed E-state index contributed by atoms with van der Waals surface area (Å²) in [5, 5.41) is 9.65. The summed E-state index contributed by atoms with van der Waals surface area (Å²) in [7, 11) is 1.65. The second-order valence-electron chi connectivity index (χ2n) is 5.88. The molecule has 0 radical (unpaired) electrons. The predicted octanol–water partition coefficient (Wildman–Crippen LogP) is 2.65. The first-order valence-electron chi connectivity index (χ1n) is 8.21. The Bertz CT molecular complexity index is 1010. The molecule has 0 spiro atoms. The van der Waals surface area contributed by atoms with Gasteiger partial charge in [-0.05, 0) is 24.3 Å². The first-order valence-corrected chi connectivity index (χ1v) is 8.21. The Morgan fingerprint density at radius 1 is 0.963 bits per heavy atom. The van der Waals surface area contributed by atoms with E-state index in [1.54, 1.807) is 49.5 Å². The van der Waals surface area contributed by atoms with E-state index in [0.29, 0.717) is 28.6 Å². The number of aryl methyl sites for hydroxylation is 1. The number of anilines is 2. The molecule has 136 valence electrons. The molecule has 0 aliphatic carbocycles. The molecule has 8 heteroatoms. The lowest BCUT2D eigenvalue weighted by molar-refractivity contribution is 0.101. The molecule has 2 N–H and O–H groups in total. The number of rotatable bonds is 4. The van der Waals surface area contributed by atoms with Gasteiger partial charge in [-0.15, -0.1) is 0 Å². The third-order valence-corrected chi connectivity index (χ3v) is 4.02. The Kier molecular flexibility index (Phi) is 4.21. The average Bonchev–Trinajstić information content (AvgIpc) is 3.29. The number of carbonyl (C=O) groups excluding carboxylic acids is 2. The standard InChI is InChI=1S/C19H16N4O4/c1-23-17(21-18(24)12-5-3-2-4-6-12)10-14(22-23)19(25)20-13-7-8-15-16(9-13)27-11-26-15/h2-10H,11H2,1H3,(H,20,25)(H,21,24). The molecule has 0 unspecified atom stereocenters. The van der Waals surface area contributed by atoms with Gasteiger partial charge < -0.3 is 20.1 Å². The van der Waals surface area contributed by atoms with E-state index >= 15 is 0 Å². The van der Waals surface area contributed by atoms with Crippen LogP contribution in [0.2, 0.25) is 0 Å². The molecule has 1 aliphatic heterocycles. The fourth-order valence-electron chi connectivity index (χ4n) is 2.64. The Balaban J connectivity index is 1.47. The molecule has 0 saturated heterocycles. The molecule has 1 aromatic heterocycles. The number of aromatic nitrogens is 2. The van der Waals surface area contributed by atoms with Gasteiger partial charge >= 0.3 is 0 Å². The van der Waals surface area contributed by atoms with Crippen molar-refractivity contribution in [3.05, 3.63) is 65.9 Å². The molecule has 0 atom stereocenters. The van der Waals surface area contributed by atoms with Crippen molar-refractivity contribution >= 4 is 23.3 Å². The van der Waals surface area contributed by atoms with Gasteiger partial charge in [0, 0.05) is 30.4 Å². The zero-order chi connectivity index (χ0) is 18.8. The van der Waals surface area contributed by atoms with E-state index in [2.05, 4.69) is 15.7 Å². The molecule has 27 heavy (non-hydrogen) atoms. The normalized spacial score (nSPS) is 11.9. The highest BCUT2D eigenvalue weighted by molar-refractivity contribution is 6.06. The van der Waals surface area contributed by atoms with Crippen LogP contribution in [0.3, 0.4) is 0 Å². The monoisotopic (exact) mass is 364 g/mol. The molecule has 3 aromatic rings. The van der Waals surface area contributed by atoms with Gasteiger partial charge in [0.2, 0.25) is 6.79 Å². The maximum atomic E-state index is 12.5. The van der Waals surface area contributed by atoms with E-state index in [0.717, 1.165) is 0 Å². The topological polar surface area (TPSA) is 94.5 Å². The lowest BCUT2D eigenvalue weighted by atomic mass is 10.2. The molecular formula is C19H16N4O4. The van der Waals surface area contributed by atoms with Crippen LogP contribution in [0.15, 0.2) is 54.6 Å². The van der Waals surface area contributed by atoms with Crippen LogP contribution in [0.4, 0.5) is 11.5 Å². The summed E-state index contributed by atoms with van der Waals surface area (Å²) in [4.78, 5) is 24.7. The molecule has 2 amide bonds. The van der Waals surface area contributed by atoms with Crippen LogP contribution in [0.5, 0.6) is 11.5 Å². The third kappa shape index (κ3) is 3.45. The highest BCUT2D eigenvalue weighted by atomic mass is 16.7. The van der Waals surface area contributed by atoms with Gasteiger partial charge in [-0.3, -0.25) is 14.3 Å². The summed E-state index contributed by atoms with van der Waals surface area (Å²) in [6.45, 7) is 0.164. The van der Waals surface area contributed by atoms with Crippen molar-refractivity contribution in [1.29, 1.82) is 0 Å². The van der Waals surface area contributed by atoms with Crippen LogP contribution >= 0.6 is 0 Å². The average molecular weight is 364 g/mol. The molecule has 0 bridgehead atoms. The second-order valence-corrected chi connectivity index (χ2v) is 5.88. The van der Waals surface area contributed by atoms with Crippen LogP contribution in [-0.4, -0.2) is 28.4 Å². The third-order valence-electron chi connectivity index (χ3n) is 4.02. The fraction of sp³-hybridized carbons (Fsp3) is 0.105. The van der Waals surface area contributed by atoms with E-state index in [1.165, 1.54) is 10.7 Å². The number of carbonyl (C=O) groups is 2. The quantitative estimate of drug-likeness (QED) is 0.742. The van der Waals surface area contributed by atoms with Gasteiger partial charge in [0.15, 0.2) is 17.2 Å². The van der Waals surface area contributed by atoms with E-state index in [1.807, 2.05) is 6.07 Å². The number of amides is 2. The molecular weight excluding hydrogens is 348 g/mol. The van der Waals surface area contributed by atoms with Crippen LogP contribution in [0, 0.1) is 0 Å². The number of hydrogen-bond acceptors (Lipinski definition) is 5. The van der Waals surface area contributed by atoms with Gasteiger partial charge in [0.25, 0.3) is 11.8 Å². The SMILES string of the molecule is Cn1nc(C(=O)Nc2ccc3c(c2)OCO3)cc1NC(=O)c1ccccc1. The van der Waals surface area contributed by atoms with E-state index in [9.17, 15) is 9.59 Å². The first kappa shape index (κ1) is 16.6. The Morgan fingerprint density at radius 3 is 2.56 bits per heavy atom. The largest absolute Gasteiger partial charge is 0.454 e. The lowest BCUT2D eigenvalue weighted by Gasteiger charge is -2.04. The van der Waals surface area contributed by atoms with Crippen molar-refractivity contribution in [3.63, 3.8) is 0 Å². The zero-order valence-corrected chi connectivity index (χ0v) is 14.4. The maximum absolute atomic E-state index is 12.5. The number of ether oxygens (including phenoxy) is 2. The minimum atomic E-state index is -0.398. The predicted molar refractivity (Wildman–Crippen MR) is 98.1 cm³/mol.